The zero-order chi connectivity index (χ0) is 10.3. The SMILES string of the molecule is CCC(O)c1nc[nH]n1.O=[PH](O)O. The van der Waals surface area contributed by atoms with E-state index in [1.165, 1.54) is 6.33 Å². The molecule has 1 aromatic rings. The van der Waals surface area contributed by atoms with Crippen molar-refractivity contribution in [2.75, 3.05) is 0 Å². The van der Waals surface area contributed by atoms with Crippen molar-refractivity contribution in [3.05, 3.63) is 12.2 Å². The van der Waals surface area contributed by atoms with Gasteiger partial charge in [-0.1, -0.05) is 6.92 Å². The minimum absolute atomic E-state index is 0.470. The van der Waals surface area contributed by atoms with Crippen LogP contribution >= 0.6 is 8.25 Å². The van der Waals surface area contributed by atoms with E-state index in [2.05, 4.69) is 15.2 Å². The van der Waals surface area contributed by atoms with Gasteiger partial charge in [0.25, 0.3) is 0 Å². The number of aliphatic hydroxyl groups is 1. The third-order valence-electron chi connectivity index (χ3n) is 1.12. The van der Waals surface area contributed by atoms with Gasteiger partial charge in [-0.05, 0) is 6.42 Å². The van der Waals surface area contributed by atoms with Gasteiger partial charge in [0.1, 0.15) is 12.4 Å². The Bertz CT molecular complexity index is 236. The molecule has 0 aliphatic carbocycles. The topological polar surface area (TPSA) is 119 Å². The minimum Gasteiger partial charge on any atom is -0.385 e. The summed E-state index contributed by atoms with van der Waals surface area (Å²) in [7, 11) is -3.13. The lowest BCUT2D eigenvalue weighted by Crippen LogP contribution is -1.96. The molecule has 76 valence electrons. The second-order valence-corrected chi connectivity index (χ2v) is 2.63. The van der Waals surface area contributed by atoms with Gasteiger partial charge in [-0.2, -0.15) is 5.10 Å². The van der Waals surface area contributed by atoms with Gasteiger partial charge < -0.3 is 14.9 Å². The molecule has 0 radical (unpaired) electrons. The highest BCUT2D eigenvalue weighted by Crippen LogP contribution is 2.07. The van der Waals surface area contributed by atoms with Gasteiger partial charge in [-0.15, -0.1) is 0 Å². The Morgan fingerprint density at radius 1 is 1.69 bits per heavy atom. The first-order valence-electron chi connectivity index (χ1n) is 3.53. The second kappa shape index (κ2) is 6.73. The van der Waals surface area contributed by atoms with E-state index in [0.717, 1.165) is 0 Å². The lowest BCUT2D eigenvalue weighted by molar-refractivity contribution is 0.164. The van der Waals surface area contributed by atoms with E-state index in [0.29, 0.717) is 12.2 Å². The number of aromatic amines is 1. The zero-order valence-corrected chi connectivity index (χ0v) is 8.01. The minimum atomic E-state index is -3.13. The lowest BCUT2D eigenvalue weighted by atomic mass is 10.3. The molecule has 8 heteroatoms. The molecule has 0 bridgehead atoms. The highest BCUT2D eigenvalue weighted by atomic mass is 31.1. The summed E-state index contributed by atoms with van der Waals surface area (Å²) in [6, 6.07) is 0. The molecule has 4 N–H and O–H groups in total. The Balaban J connectivity index is 0.000000310. The van der Waals surface area contributed by atoms with Crippen LogP contribution in [0.4, 0.5) is 0 Å². The number of rotatable bonds is 2. The average molecular weight is 209 g/mol. The predicted octanol–water partition coefficient (Wildman–Crippen LogP) is -0.391. The molecular formula is C5H12N3O4P. The summed E-state index contributed by atoms with van der Waals surface area (Å²) in [5.41, 5.74) is 0. The van der Waals surface area contributed by atoms with Gasteiger partial charge in [0, 0.05) is 0 Å². The van der Waals surface area contributed by atoms with Gasteiger partial charge in [-0.25, -0.2) is 4.98 Å². The summed E-state index contributed by atoms with van der Waals surface area (Å²) in [4.78, 5) is 18.1. The quantitative estimate of drug-likeness (QED) is 0.492. The largest absolute Gasteiger partial charge is 0.385 e. The molecule has 1 aromatic heterocycles. The number of H-pyrrole nitrogens is 1. The van der Waals surface area contributed by atoms with Crippen molar-refractivity contribution in [1.82, 2.24) is 15.2 Å². The third kappa shape index (κ3) is 6.41. The smallest absolute Gasteiger partial charge is 0.314 e. The Hall–Kier alpha value is -0.750. The maximum atomic E-state index is 9.07. The van der Waals surface area contributed by atoms with Crippen LogP contribution in [0.1, 0.15) is 25.3 Å². The molecule has 0 aromatic carbocycles. The Morgan fingerprint density at radius 2 is 2.23 bits per heavy atom. The fraction of sp³-hybridized carbons (Fsp3) is 0.600. The van der Waals surface area contributed by atoms with Crippen LogP contribution in [0.2, 0.25) is 0 Å². The van der Waals surface area contributed by atoms with E-state index >= 15 is 0 Å². The molecule has 13 heavy (non-hydrogen) atoms. The highest BCUT2D eigenvalue weighted by molar-refractivity contribution is 7.30. The molecule has 1 unspecified atom stereocenters. The number of nitrogens with zero attached hydrogens (tertiary/aromatic N) is 2. The molecule has 7 nitrogen and oxygen atoms in total. The summed E-state index contributed by atoms with van der Waals surface area (Å²) < 4.78 is 8.74. The molecule has 0 fully saturated rings. The summed E-state index contributed by atoms with van der Waals surface area (Å²) >= 11 is 0. The standard InChI is InChI=1S/C5H9N3O.H3O3P/c1-2-4(9)5-6-3-7-8-5;1-4(2)3/h3-4,9H,2H2,1H3,(H,6,7,8);4H,(H2,1,2,3). The maximum Gasteiger partial charge on any atom is 0.314 e. The Morgan fingerprint density at radius 3 is 2.54 bits per heavy atom. The molecule has 1 atom stereocenters. The van der Waals surface area contributed by atoms with Crippen molar-refractivity contribution >= 4 is 8.25 Å². The fourth-order valence-corrected chi connectivity index (χ4v) is 0.562. The fourth-order valence-electron chi connectivity index (χ4n) is 0.562. The zero-order valence-electron chi connectivity index (χ0n) is 7.01. The predicted molar refractivity (Wildman–Crippen MR) is 45.1 cm³/mol. The second-order valence-electron chi connectivity index (χ2n) is 2.06. The summed E-state index contributed by atoms with van der Waals surface area (Å²) in [5, 5.41) is 15.3. The normalized spacial score (nSPS) is 12.1. The number of aliphatic hydroxyl groups excluding tert-OH is 1. The maximum absolute atomic E-state index is 9.07. The van der Waals surface area contributed by atoms with Crippen LogP contribution in [0.5, 0.6) is 0 Å². The van der Waals surface area contributed by atoms with Crippen molar-refractivity contribution in [2.24, 2.45) is 0 Å². The van der Waals surface area contributed by atoms with E-state index in [-0.39, 0.29) is 0 Å². The molecule has 0 amide bonds. The van der Waals surface area contributed by atoms with Crippen LogP contribution in [0.25, 0.3) is 0 Å². The van der Waals surface area contributed by atoms with E-state index in [1.807, 2.05) is 6.92 Å². The molecule has 1 rings (SSSR count). The van der Waals surface area contributed by atoms with Gasteiger partial charge >= 0.3 is 8.25 Å². The van der Waals surface area contributed by atoms with Crippen molar-refractivity contribution in [3.8, 4) is 0 Å². The van der Waals surface area contributed by atoms with Crippen molar-refractivity contribution in [3.63, 3.8) is 0 Å². The molecule has 0 spiro atoms. The van der Waals surface area contributed by atoms with E-state index in [9.17, 15) is 0 Å². The van der Waals surface area contributed by atoms with Crippen LogP contribution in [-0.2, 0) is 4.57 Å². The van der Waals surface area contributed by atoms with Gasteiger partial charge in [0.05, 0.1) is 0 Å². The van der Waals surface area contributed by atoms with E-state index in [4.69, 9.17) is 19.5 Å². The van der Waals surface area contributed by atoms with Gasteiger partial charge in [0.2, 0.25) is 0 Å². The van der Waals surface area contributed by atoms with E-state index < -0.39 is 14.4 Å². The number of hydrogen-bond donors (Lipinski definition) is 4. The van der Waals surface area contributed by atoms with Crippen LogP contribution in [0.15, 0.2) is 6.33 Å². The van der Waals surface area contributed by atoms with Crippen LogP contribution in [-0.4, -0.2) is 30.1 Å². The molecule has 1 heterocycles. The van der Waals surface area contributed by atoms with Crippen LogP contribution < -0.4 is 0 Å². The molecule has 0 saturated carbocycles. The first kappa shape index (κ1) is 12.2. The lowest BCUT2D eigenvalue weighted by Gasteiger charge is -1.98. The molecule has 0 aliphatic heterocycles. The third-order valence-corrected chi connectivity index (χ3v) is 1.12. The summed E-state index contributed by atoms with van der Waals surface area (Å²) in [6.07, 6.45) is 1.59. The van der Waals surface area contributed by atoms with Gasteiger partial charge in [0.15, 0.2) is 5.82 Å². The average Bonchev–Trinajstić information content (AvgIpc) is 2.54. The van der Waals surface area contributed by atoms with Crippen molar-refractivity contribution in [2.45, 2.75) is 19.4 Å². The number of nitrogens with one attached hydrogen (secondary N) is 1. The molecular weight excluding hydrogens is 197 g/mol. The highest BCUT2D eigenvalue weighted by Gasteiger charge is 2.06. The van der Waals surface area contributed by atoms with Crippen molar-refractivity contribution in [1.29, 1.82) is 0 Å². The van der Waals surface area contributed by atoms with Crippen molar-refractivity contribution < 1.29 is 19.5 Å². The molecule has 0 aliphatic rings. The summed E-state index contributed by atoms with van der Waals surface area (Å²) in [6.45, 7) is 1.88. The number of hydrogen-bond acceptors (Lipinski definition) is 4. The monoisotopic (exact) mass is 209 g/mol. The Labute approximate surface area is 75.4 Å². The first-order valence-corrected chi connectivity index (χ1v) is 4.83. The molecule has 0 saturated heterocycles. The summed E-state index contributed by atoms with van der Waals surface area (Å²) in [5.74, 6) is 0.470. The van der Waals surface area contributed by atoms with Crippen LogP contribution in [0.3, 0.4) is 0 Å². The first-order chi connectivity index (χ1) is 6.07. The number of aromatic nitrogens is 3. The Kier molecular flexibility index (Phi) is 6.34. The van der Waals surface area contributed by atoms with Crippen LogP contribution in [0, 0.1) is 0 Å². The van der Waals surface area contributed by atoms with Gasteiger partial charge in [-0.3, -0.25) is 9.66 Å². The van der Waals surface area contributed by atoms with E-state index in [1.54, 1.807) is 0 Å².